The molecule has 2 heteroatoms. The van der Waals surface area contributed by atoms with E-state index in [1.54, 1.807) is 0 Å². The molecular weight excluding hydrogens is 607 g/mol. The predicted octanol–water partition coefficient (Wildman–Crippen LogP) is 13.7. The minimum Gasteiger partial charge on any atom is -0.456 e. The van der Waals surface area contributed by atoms with Gasteiger partial charge >= 0.3 is 0 Å². The van der Waals surface area contributed by atoms with Gasteiger partial charge in [-0.05, 0) is 87.0 Å². The summed E-state index contributed by atoms with van der Waals surface area (Å²) in [6.45, 7) is 0. The standard InChI is InChI=1S/C48H33NO/c1-4-15-34(16-5-1)40-21-10-11-23-45(40)48-41(35-17-6-2-7-18-35)24-14-25-42(48)36-27-29-38(30-28-36)49(37-19-8-3-9-20-37)39-31-32-44-43-22-12-13-26-46(43)50-47(44)33-39/h1-33H. The molecule has 0 bridgehead atoms. The van der Waals surface area contributed by atoms with Crippen LogP contribution < -0.4 is 4.90 Å². The summed E-state index contributed by atoms with van der Waals surface area (Å²) in [5, 5.41) is 2.25. The first-order valence-corrected chi connectivity index (χ1v) is 17.0. The topological polar surface area (TPSA) is 16.4 Å². The first-order chi connectivity index (χ1) is 24.8. The number of rotatable bonds is 7. The van der Waals surface area contributed by atoms with Gasteiger partial charge in [-0.1, -0.05) is 152 Å². The van der Waals surface area contributed by atoms with Gasteiger partial charge in [-0.15, -0.1) is 0 Å². The summed E-state index contributed by atoms with van der Waals surface area (Å²) in [5.41, 5.74) is 14.6. The lowest BCUT2D eigenvalue weighted by molar-refractivity contribution is 0.669. The number of para-hydroxylation sites is 2. The molecule has 0 aliphatic heterocycles. The van der Waals surface area contributed by atoms with Crippen molar-refractivity contribution in [3.05, 3.63) is 200 Å². The third kappa shape index (κ3) is 5.34. The van der Waals surface area contributed by atoms with Gasteiger partial charge in [-0.25, -0.2) is 0 Å². The van der Waals surface area contributed by atoms with Crippen LogP contribution in [-0.4, -0.2) is 0 Å². The molecule has 0 radical (unpaired) electrons. The molecule has 0 spiro atoms. The molecule has 1 heterocycles. The first-order valence-electron chi connectivity index (χ1n) is 17.0. The van der Waals surface area contributed by atoms with Gasteiger partial charge in [0.2, 0.25) is 0 Å². The average Bonchev–Trinajstić information content (AvgIpc) is 3.57. The molecule has 8 aromatic carbocycles. The second-order valence-corrected chi connectivity index (χ2v) is 12.5. The van der Waals surface area contributed by atoms with Crippen molar-refractivity contribution in [3.63, 3.8) is 0 Å². The third-order valence-corrected chi connectivity index (χ3v) is 9.50. The maximum Gasteiger partial charge on any atom is 0.137 e. The van der Waals surface area contributed by atoms with Gasteiger partial charge in [-0.2, -0.15) is 0 Å². The molecule has 0 fully saturated rings. The Morgan fingerprint density at radius 3 is 1.48 bits per heavy atom. The zero-order valence-electron chi connectivity index (χ0n) is 27.4. The van der Waals surface area contributed by atoms with Gasteiger partial charge in [0.1, 0.15) is 11.2 Å². The van der Waals surface area contributed by atoms with Crippen LogP contribution in [0.1, 0.15) is 0 Å². The summed E-state index contributed by atoms with van der Waals surface area (Å²) >= 11 is 0. The van der Waals surface area contributed by atoms with Crippen molar-refractivity contribution in [1.29, 1.82) is 0 Å². The van der Waals surface area contributed by atoms with E-state index in [0.717, 1.165) is 44.6 Å². The predicted molar refractivity (Wildman–Crippen MR) is 210 cm³/mol. The van der Waals surface area contributed by atoms with E-state index >= 15 is 0 Å². The second-order valence-electron chi connectivity index (χ2n) is 12.5. The number of benzene rings is 8. The summed E-state index contributed by atoms with van der Waals surface area (Å²) < 4.78 is 6.31. The smallest absolute Gasteiger partial charge is 0.137 e. The summed E-state index contributed by atoms with van der Waals surface area (Å²) in [4.78, 5) is 2.29. The van der Waals surface area contributed by atoms with Crippen LogP contribution in [0.2, 0.25) is 0 Å². The van der Waals surface area contributed by atoms with E-state index in [9.17, 15) is 0 Å². The highest BCUT2D eigenvalue weighted by atomic mass is 16.3. The number of anilines is 3. The van der Waals surface area contributed by atoms with Crippen molar-refractivity contribution in [2.75, 3.05) is 4.90 Å². The molecule has 0 unspecified atom stereocenters. The van der Waals surface area contributed by atoms with Crippen molar-refractivity contribution in [1.82, 2.24) is 0 Å². The Labute approximate surface area is 292 Å². The van der Waals surface area contributed by atoms with Crippen LogP contribution in [0, 0.1) is 0 Å². The Balaban J connectivity index is 1.19. The molecule has 9 rings (SSSR count). The van der Waals surface area contributed by atoms with Crippen molar-refractivity contribution >= 4 is 39.0 Å². The maximum absolute atomic E-state index is 6.31. The lowest BCUT2D eigenvalue weighted by atomic mass is 9.84. The van der Waals surface area contributed by atoms with Gasteiger partial charge in [-0.3, -0.25) is 0 Å². The summed E-state index contributed by atoms with van der Waals surface area (Å²) in [7, 11) is 0. The third-order valence-electron chi connectivity index (χ3n) is 9.50. The Morgan fingerprint density at radius 2 is 0.780 bits per heavy atom. The Morgan fingerprint density at radius 1 is 0.300 bits per heavy atom. The molecule has 1 aromatic heterocycles. The fraction of sp³-hybridized carbons (Fsp3) is 0. The minimum absolute atomic E-state index is 0.876. The molecule has 0 saturated carbocycles. The first kappa shape index (κ1) is 29.5. The lowest BCUT2D eigenvalue weighted by Gasteiger charge is -2.26. The zero-order chi connectivity index (χ0) is 33.3. The fourth-order valence-electron chi connectivity index (χ4n) is 7.18. The molecule has 0 atom stereocenters. The molecule has 50 heavy (non-hydrogen) atoms. The van der Waals surface area contributed by atoms with Crippen LogP contribution in [0.4, 0.5) is 17.1 Å². The van der Waals surface area contributed by atoms with Crippen LogP contribution in [-0.2, 0) is 0 Å². The molecule has 9 aromatic rings. The van der Waals surface area contributed by atoms with E-state index in [-0.39, 0.29) is 0 Å². The van der Waals surface area contributed by atoms with E-state index in [4.69, 9.17) is 4.42 Å². The van der Waals surface area contributed by atoms with Crippen molar-refractivity contribution in [2.45, 2.75) is 0 Å². The second kappa shape index (κ2) is 12.8. The van der Waals surface area contributed by atoms with Gasteiger partial charge in [0, 0.05) is 33.9 Å². The molecule has 0 amide bonds. The van der Waals surface area contributed by atoms with E-state index in [1.165, 1.54) is 38.9 Å². The summed E-state index contributed by atoms with van der Waals surface area (Å²) in [6.07, 6.45) is 0. The summed E-state index contributed by atoms with van der Waals surface area (Å²) in [5.74, 6) is 0. The molecule has 0 aliphatic rings. The number of hydrogen-bond donors (Lipinski definition) is 0. The highest BCUT2D eigenvalue weighted by molar-refractivity contribution is 6.06. The highest BCUT2D eigenvalue weighted by Gasteiger charge is 2.19. The van der Waals surface area contributed by atoms with Gasteiger partial charge < -0.3 is 9.32 Å². The SMILES string of the molecule is c1ccc(-c2ccccc2-c2c(-c3ccccc3)cccc2-c2ccc(N(c3ccccc3)c3ccc4c(c3)oc3ccccc34)cc2)cc1. The largest absolute Gasteiger partial charge is 0.456 e. The molecular formula is C48H33NO. The van der Waals surface area contributed by atoms with Gasteiger partial charge in [0.25, 0.3) is 0 Å². The molecule has 0 N–H and O–H groups in total. The van der Waals surface area contributed by atoms with Crippen LogP contribution in [0.25, 0.3) is 66.4 Å². The normalized spacial score (nSPS) is 11.2. The minimum atomic E-state index is 0.876. The van der Waals surface area contributed by atoms with Crippen LogP contribution in [0.15, 0.2) is 205 Å². The van der Waals surface area contributed by atoms with Crippen molar-refractivity contribution in [2.24, 2.45) is 0 Å². The average molecular weight is 640 g/mol. The van der Waals surface area contributed by atoms with Crippen LogP contribution in [0.3, 0.4) is 0 Å². The number of furan rings is 1. The number of hydrogen-bond acceptors (Lipinski definition) is 2. The quantitative estimate of drug-likeness (QED) is 0.173. The maximum atomic E-state index is 6.31. The fourth-order valence-corrected chi connectivity index (χ4v) is 7.18. The van der Waals surface area contributed by atoms with Crippen molar-refractivity contribution < 1.29 is 4.42 Å². The highest BCUT2D eigenvalue weighted by Crippen LogP contribution is 2.45. The van der Waals surface area contributed by atoms with E-state index in [0.29, 0.717) is 0 Å². The molecule has 0 aliphatic carbocycles. The molecule has 236 valence electrons. The Bertz CT molecular complexity index is 2570. The van der Waals surface area contributed by atoms with Gasteiger partial charge in [0.15, 0.2) is 0 Å². The Hall–Kier alpha value is -6.64. The number of nitrogens with zero attached hydrogens (tertiary/aromatic N) is 1. The number of fused-ring (bicyclic) bond motifs is 3. The van der Waals surface area contributed by atoms with E-state index in [1.807, 2.05) is 12.1 Å². The Kier molecular flexibility index (Phi) is 7.53. The molecule has 2 nitrogen and oxygen atoms in total. The van der Waals surface area contributed by atoms with Crippen LogP contribution >= 0.6 is 0 Å². The van der Waals surface area contributed by atoms with E-state index < -0.39 is 0 Å². The monoisotopic (exact) mass is 639 g/mol. The summed E-state index contributed by atoms with van der Waals surface area (Å²) in [6, 6.07) is 71.1. The van der Waals surface area contributed by atoms with Gasteiger partial charge in [0.05, 0.1) is 0 Å². The van der Waals surface area contributed by atoms with Crippen LogP contribution in [0.5, 0.6) is 0 Å². The lowest BCUT2D eigenvalue weighted by Crippen LogP contribution is -2.09. The molecule has 0 saturated heterocycles. The van der Waals surface area contributed by atoms with E-state index in [2.05, 4.69) is 193 Å². The van der Waals surface area contributed by atoms with Crippen molar-refractivity contribution in [3.8, 4) is 44.5 Å². The zero-order valence-corrected chi connectivity index (χ0v) is 27.4.